The van der Waals surface area contributed by atoms with Crippen molar-refractivity contribution in [3.05, 3.63) is 28.9 Å². The Kier molecular flexibility index (Phi) is 4.43. The Morgan fingerprint density at radius 2 is 2.43 bits per heavy atom. The normalized spacial score (nSPS) is 10.8. The SMILES string of the molecule is CNCC=Cc1cnc(OC)c(Cl)c1. The van der Waals surface area contributed by atoms with Crippen molar-refractivity contribution in [3.63, 3.8) is 0 Å². The summed E-state index contributed by atoms with van der Waals surface area (Å²) >= 11 is 5.91. The molecule has 0 atom stereocenters. The summed E-state index contributed by atoms with van der Waals surface area (Å²) in [4.78, 5) is 4.05. The molecule has 0 unspecified atom stereocenters. The van der Waals surface area contributed by atoms with E-state index in [2.05, 4.69) is 10.3 Å². The Hall–Kier alpha value is -1.06. The lowest BCUT2D eigenvalue weighted by molar-refractivity contribution is 0.398. The van der Waals surface area contributed by atoms with Gasteiger partial charge in [0.2, 0.25) is 5.88 Å². The summed E-state index contributed by atoms with van der Waals surface area (Å²) in [6.45, 7) is 0.823. The van der Waals surface area contributed by atoms with Gasteiger partial charge in [-0.25, -0.2) is 4.98 Å². The molecule has 3 nitrogen and oxygen atoms in total. The highest BCUT2D eigenvalue weighted by molar-refractivity contribution is 6.31. The minimum absolute atomic E-state index is 0.456. The first-order valence-corrected chi connectivity index (χ1v) is 4.66. The fourth-order valence-electron chi connectivity index (χ4n) is 0.994. The van der Waals surface area contributed by atoms with Crippen LogP contribution in [0.1, 0.15) is 5.56 Å². The molecule has 76 valence electrons. The third-order valence-corrected chi connectivity index (χ3v) is 1.92. The van der Waals surface area contributed by atoms with Crippen LogP contribution >= 0.6 is 11.6 Å². The third-order valence-electron chi connectivity index (χ3n) is 1.65. The van der Waals surface area contributed by atoms with Gasteiger partial charge < -0.3 is 10.1 Å². The van der Waals surface area contributed by atoms with Crippen LogP contribution in [-0.4, -0.2) is 25.7 Å². The predicted molar refractivity (Wildman–Crippen MR) is 58.8 cm³/mol. The number of rotatable bonds is 4. The minimum atomic E-state index is 0.456. The second-order valence-electron chi connectivity index (χ2n) is 2.72. The van der Waals surface area contributed by atoms with Crippen LogP contribution in [0.15, 0.2) is 18.3 Å². The summed E-state index contributed by atoms with van der Waals surface area (Å²) in [7, 11) is 3.44. The standard InChI is InChI=1S/C10H13ClN2O/c1-12-5-3-4-8-6-9(11)10(14-2)13-7-8/h3-4,6-7,12H,5H2,1-2H3. The summed E-state index contributed by atoms with van der Waals surface area (Å²) in [5.41, 5.74) is 0.964. The van der Waals surface area contributed by atoms with E-state index >= 15 is 0 Å². The second kappa shape index (κ2) is 5.62. The van der Waals surface area contributed by atoms with Crippen molar-refractivity contribution < 1.29 is 4.74 Å². The van der Waals surface area contributed by atoms with Crippen LogP contribution in [-0.2, 0) is 0 Å². The van der Waals surface area contributed by atoms with E-state index in [4.69, 9.17) is 16.3 Å². The van der Waals surface area contributed by atoms with Crippen molar-refractivity contribution in [2.75, 3.05) is 20.7 Å². The molecule has 1 rings (SSSR count). The minimum Gasteiger partial charge on any atom is -0.480 e. The van der Waals surface area contributed by atoms with Crippen molar-refractivity contribution in [1.29, 1.82) is 0 Å². The Morgan fingerprint density at radius 3 is 3.00 bits per heavy atom. The van der Waals surface area contributed by atoms with Gasteiger partial charge >= 0.3 is 0 Å². The van der Waals surface area contributed by atoms with Gasteiger partial charge in [-0.3, -0.25) is 0 Å². The fourth-order valence-corrected chi connectivity index (χ4v) is 1.25. The van der Waals surface area contributed by atoms with E-state index in [1.54, 1.807) is 13.3 Å². The number of pyridine rings is 1. The number of likely N-dealkylation sites (N-methyl/N-ethyl adjacent to an activating group) is 1. The molecule has 1 heterocycles. The van der Waals surface area contributed by atoms with E-state index in [0.717, 1.165) is 12.1 Å². The number of methoxy groups -OCH3 is 1. The number of nitrogens with one attached hydrogen (secondary N) is 1. The smallest absolute Gasteiger partial charge is 0.232 e. The molecule has 0 fully saturated rings. The molecule has 4 heteroatoms. The first kappa shape index (κ1) is 11.0. The Morgan fingerprint density at radius 1 is 1.64 bits per heavy atom. The number of hydrogen-bond donors (Lipinski definition) is 1. The monoisotopic (exact) mass is 212 g/mol. The van der Waals surface area contributed by atoms with Gasteiger partial charge in [0, 0.05) is 12.7 Å². The van der Waals surface area contributed by atoms with Crippen LogP contribution in [0.3, 0.4) is 0 Å². The molecule has 0 aromatic carbocycles. The van der Waals surface area contributed by atoms with Gasteiger partial charge in [0.1, 0.15) is 5.02 Å². The number of aromatic nitrogens is 1. The number of hydrogen-bond acceptors (Lipinski definition) is 3. The number of ether oxygens (including phenoxy) is 1. The largest absolute Gasteiger partial charge is 0.480 e. The molecule has 0 saturated carbocycles. The average molecular weight is 213 g/mol. The molecule has 0 saturated heterocycles. The van der Waals surface area contributed by atoms with Crippen LogP contribution < -0.4 is 10.1 Å². The zero-order valence-corrected chi connectivity index (χ0v) is 9.01. The molecule has 14 heavy (non-hydrogen) atoms. The summed E-state index contributed by atoms with van der Waals surface area (Å²) in [5.74, 6) is 0.456. The lowest BCUT2D eigenvalue weighted by Crippen LogP contribution is -2.03. The quantitative estimate of drug-likeness (QED) is 0.829. The molecule has 0 aliphatic heterocycles. The van der Waals surface area contributed by atoms with Crippen molar-refractivity contribution in [2.24, 2.45) is 0 Å². The predicted octanol–water partition coefficient (Wildman–Crippen LogP) is 1.98. The molecule has 0 radical (unpaired) electrons. The van der Waals surface area contributed by atoms with Crippen LogP contribution in [0.2, 0.25) is 5.02 Å². The maximum atomic E-state index is 5.91. The van der Waals surface area contributed by atoms with Gasteiger partial charge in [-0.05, 0) is 18.7 Å². The highest BCUT2D eigenvalue weighted by Crippen LogP contribution is 2.22. The van der Waals surface area contributed by atoms with Crippen LogP contribution in [0.5, 0.6) is 5.88 Å². The van der Waals surface area contributed by atoms with Gasteiger partial charge in [0.05, 0.1) is 7.11 Å². The van der Waals surface area contributed by atoms with E-state index in [1.165, 1.54) is 0 Å². The van der Waals surface area contributed by atoms with E-state index < -0.39 is 0 Å². The van der Waals surface area contributed by atoms with Crippen LogP contribution in [0.4, 0.5) is 0 Å². The Labute approximate surface area is 88.8 Å². The van der Waals surface area contributed by atoms with E-state index in [9.17, 15) is 0 Å². The van der Waals surface area contributed by atoms with Crippen molar-refractivity contribution in [2.45, 2.75) is 0 Å². The highest BCUT2D eigenvalue weighted by atomic mass is 35.5. The van der Waals surface area contributed by atoms with Gasteiger partial charge in [0.15, 0.2) is 0 Å². The van der Waals surface area contributed by atoms with Gasteiger partial charge in [-0.2, -0.15) is 0 Å². The highest BCUT2D eigenvalue weighted by Gasteiger charge is 2.00. The maximum Gasteiger partial charge on any atom is 0.232 e. The van der Waals surface area contributed by atoms with Gasteiger partial charge in [-0.15, -0.1) is 0 Å². The van der Waals surface area contributed by atoms with E-state index in [0.29, 0.717) is 10.9 Å². The molecule has 0 aliphatic rings. The molecule has 0 aliphatic carbocycles. The molecule has 1 aromatic heterocycles. The summed E-state index contributed by atoms with van der Waals surface area (Å²) < 4.78 is 4.95. The van der Waals surface area contributed by atoms with Crippen molar-refractivity contribution in [1.82, 2.24) is 10.3 Å². The molecule has 0 amide bonds. The lowest BCUT2D eigenvalue weighted by Gasteiger charge is -2.01. The zero-order chi connectivity index (χ0) is 10.4. The fraction of sp³-hybridized carbons (Fsp3) is 0.300. The Bertz CT molecular complexity index is 326. The summed E-state index contributed by atoms with van der Waals surface area (Å²) in [6, 6.07) is 1.82. The number of halogens is 1. The molecular formula is C10H13ClN2O. The topological polar surface area (TPSA) is 34.2 Å². The average Bonchev–Trinajstić information content (AvgIpc) is 2.18. The zero-order valence-electron chi connectivity index (χ0n) is 8.25. The molecule has 0 bridgehead atoms. The maximum absolute atomic E-state index is 5.91. The molecule has 1 N–H and O–H groups in total. The molecule has 1 aromatic rings. The summed E-state index contributed by atoms with van der Waals surface area (Å²) in [6.07, 6.45) is 5.67. The van der Waals surface area contributed by atoms with Gasteiger partial charge in [0.25, 0.3) is 0 Å². The third kappa shape index (κ3) is 3.01. The second-order valence-corrected chi connectivity index (χ2v) is 3.13. The first-order chi connectivity index (χ1) is 6.77. The molecule has 0 spiro atoms. The van der Waals surface area contributed by atoms with Crippen LogP contribution in [0.25, 0.3) is 6.08 Å². The lowest BCUT2D eigenvalue weighted by atomic mass is 10.2. The first-order valence-electron chi connectivity index (χ1n) is 4.28. The van der Waals surface area contributed by atoms with Gasteiger partial charge in [-0.1, -0.05) is 23.8 Å². The Balaban J connectivity index is 2.76. The van der Waals surface area contributed by atoms with Crippen molar-refractivity contribution in [3.8, 4) is 5.88 Å². The van der Waals surface area contributed by atoms with E-state index in [1.807, 2.05) is 25.3 Å². The number of nitrogens with zero attached hydrogens (tertiary/aromatic N) is 1. The van der Waals surface area contributed by atoms with Crippen molar-refractivity contribution >= 4 is 17.7 Å². The van der Waals surface area contributed by atoms with Crippen LogP contribution in [0, 0.1) is 0 Å². The molecular weight excluding hydrogens is 200 g/mol. The van der Waals surface area contributed by atoms with E-state index in [-0.39, 0.29) is 0 Å². The summed E-state index contributed by atoms with van der Waals surface area (Å²) in [5, 5.41) is 3.54.